The van der Waals surface area contributed by atoms with E-state index in [1.807, 2.05) is 11.8 Å². The van der Waals surface area contributed by atoms with Crippen molar-refractivity contribution in [2.75, 3.05) is 0 Å². The minimum Gasteiger partial charge on any atom is -0.293 e. The maximum atomic E-state index is 5.10. The number of nitrogens with zero attached hydrogens (tertiary/aromatic N) is 2. The van der Waals surface area contributed by atoms with Crippen LogP contribution in [0, 0.1) is 0 Å². The largest absolute Gasteiger partial charge is 0.293 e. The Morgan fingerprint density at radius 2 is 1.10 bits per heavy atom. The third kappa shape index (κ3) is 4.47. The zero-order chi connectivity index (χ0) is 33.2. The lowest BCUT2D eigenvalue weighted by atomic mass is 9.84. The Labute approximate surface area is 295 Å². The normalized spacial score (nSPS) is 12.1. The monoisotopic (exact) mass is 656 g/mol. The minimum absolute atomic E-state index is 0.861. The zero-order valence-corrected chi connectivity index (χ0v) is 28.4. The van der Waals surface area contributed by atoms with E-state index in [2.05, 4.69) is 175 Å². The number of hydrogen-bond donors (Lipinski definition) is 0. The third-order valence-electron chi connectivity index (χ3n) is 10.1. The van der Waals surface area contributed by atoms with Crippen molar-refractivity contribution < 1.29 is 0 Å². The molecule has 0 saturated carbocycles. The Kier molecular flexibility index (Phi) is 6.75. The molecule has 0 atom stereocenters. The van der Waals surface area contributed by atoms with Gasteiger partial charge in [0.15, 0.2) is 0 Å². The summed E-state index contributed by atoms with van der Waals surface area (Å²) in [6.45, 7) is 2.20. The molecule has 0 spiro atoms. The van der Waals surface area contributed by atoms with Crippen molar-refractivity contribution in [1.29, 1.82) is 0 Å². The molecule has 0 radical (unpaired) electrons. The standard InChI is InChI=1S/C47H32N2S/c1-2-43-48-40-23-13-25-42-47(40)49(43)46-35(22-12-24-41(46)50-42)33-26-27-38-39(29-33)44(31-16-7-4-8-17-31)36-20-9-10-21-37(36)45(38)34-19-11-18-32(28-34)30-14-5-3-6-15-30/h3-29H,2H2,1H3. The molecule has 0 aliphatic carbocycles. The first kappa shape index (κ1) is 29.1. The van der Waals surface area contributed by atoms with Crippen molar-refractivity contribution >= 4 is 44.3 Å². The predicted molar refractivity (Wildman–Crippen MR) is 211 cm³/mol. The van der Waals surface area contributed by atoms with Gasteiger partial charge in [0.05, 0.1) is 16.7 Å². The van der Waals surface area contributed by atoms with Gasteiger partial charge in [-0.1, -0.05) is 152 Å². The summed E-state index contributed by atoms with van der Waals surface area (Å²) >= 11 is 1.85. The summed E-state index contributed by atoms with van der Waals surface area (Å²) in [4.78, 5) is 7.62. The van der Waals surface area contributed by atoms with Crippen LogP contribution in [0.25, 0.3) is 82.8 Å². The van der Waals surface area contributed by atoms with Gasteiger partial charge in [-0.3, -0.25) is 4.57 Å². The maximum Gasteiger partial charge on any atom is 0.114 e. The number of aromatic nitrogens is 2. The van der Waals surface area contributed by atoms with E-state index in [0.717, 1.165) is 17.8 Å². The van der Waals surface area contributed by atoms with Gasteiger partial charge in [-0.25, -0.2) is 4.98 Å². The topological polar surface area (TPSA) is 17.8 Å². The fourth-order valence-corrected chi connectivity index (χ4v) is 9.07. The van der Waals surface area contributed by atoms with Crippen LogP contribution in [0.3, 0.4) is 0 Å². The van der Waals surface area contributed by atoms with Gasteiger partial charge in [-0.05, 0) is 90.8 Å². The van der Waals surface area contributed by atoms with Crippen LogP contribution >= 0.6 is 11.8 Å². The maximum absolute atomic E-state index is 5.10. The second kappa shape index (κ2) is 11.6. The molecule has 0 unspecified atom stereocenters. The van der Waals surface area contributed by atoms with Crippen LogP contribution in [0.5, 0.6) is 0 Å². The van der Waals surface area contributed by atoms with Crippen molar-refractivity contribution in [2.45, 2.75) is 23.1 Å². The van der Waals surface area contributed by atoms with Crippen molar-refractivity contribution in [3.8, 4) is 50.2 Å². The Balaban J connectivity index is 1.28. The Morgan fingerprint density at radius 3 is 1.88 bits per heavy atom. The Bertz CT molecular complexity index is 2760. The van der Waals surface area contributed by atoms with E-state index in [-0.39, 0.29) is 0 Å². The third-order valence-corrected chi connectivity index (χ3v) is 11.2. The average molecular weight is 657 g/mol. The minimum atomic E-state index is 0.861. The lowest BCUT2D eigenvalue weighted by Gasteiger charge is -2.24. The number of benzene rings is 8. The van der Waals surface area contributed by atoms with Crippen LogP contribution in [0.4, 0.5) is 0 Å². The number of imidazole rings is 1. The molecule has 0 amide bonds. The summed E-state index contributed by atoms with van der Waals surface area (Å²) < 4.78 is 2.43. The van der Waals surface area contributed by atoms with Crippen molar-refractivity contribution in [3.05, 3.63) is 170 Å². The van der Waals surface area contributed by atoms with Gasteiger partial charge < -0.3 is 0 Å². The SMILES string of the molecule is CCc1nc2cccc3c2n1-c1c(cccc1-c1ccc2c(-c4cccc(-c5ccccc5)c4)c4ccccc4c(-c4ccccc4)c2c1)S3. The van der Waals surface area contributed by atoms with E-state index in [1.165, 1.54) is 87.0 Å². The molecule has 236 valence electrons. The van der Waals surface area contributed by atoms with E-state index in [0.29, 0.717) is 0 Å². The molecule has 0 N–H and O–H groups in total. The highest BCUT2D eigenvalue weighted by Gasteiger charge is 2.26. The van der Waals surface area contributed by atoms with E-state index in [9.17, 15) is 0 Å². The molecule has 2 nitrogen and oxygen atoms in total. The second-order valence-electron chi connectivity index (χ2n) is 13.0. The summed E-state index contributed by atoms with van der Waals surface area (Å²) in [5.74, 6) is 1.10. The molecule has 8 aromatic carbocycles. The first-order valence-corrected chi connectivity index (χ1v) is 18.1. The molecule has 10 rings (SSSR count). The van der Waals surface area contributed by atoms with E-state index < -0.39 is 0 Å². The van der Waals surface area contributed by atoms with Crippen LogP contribution in [0.2, 0.25) is 0 Å². The van der Waals surface area contributed by atoms with Gasteiger partial charge in [-0.2, -0.15) is 0 Å². The molecular formula is C47H32N2S. The Morgan fingerprint density at radius 1 is 0.480 bits per heavy atom. The molecule has 0 fully saturated rings. The summed E-state index contributed by atoms with van der Waals surface area (Å²) in [6, 6.07) is 59.9. The van der Waals surface area contributed by atoms with E-state index in [4.69, 9.17) is 4.98 Å². The molecule has 1 aromatic heterocycles. The van der Waals surface area contributed by atoms with Gasteiger partial charge in [0.2, 0.25) is 0 Å². The number of aryl methyl sites for hydroxylation is 1. The van der Waals surface area contributed by atoms with Crippen LogP contribution in [-0.4, -0.2) is 9.55 Å². The fourth-order valence-electron chi connectivity index (χ4n) is 7.95. The first-order valence-electron chi connectivity index (χ1n) is 17.3. The van der Waals surface area contributed by atoms with Crippen LogP contribution in [0.15, 0.2) is 174 Å². The molecule has 1 aliphatic heterocycles. The van der Waals surface area contributed by atoms with Gasteiger partial charge in [-0.15, -0.1) is 0 Å². The predicted octanol–water partition coefficient (Wildman–Crippen LogP) is 13.0. The quantitative estimate of drug-likeness (QED) is 0.172. The number of para-hydroxylation sites is 2. The van der Waals surface area contributed by atoms with Gasteiger partial charge in [0.1, 0.15) is 5.82 Å². The number of hydrogen-bond acceptors (Lipinski definition) is 2. The summed E-state index contributed by atoms with van der Waals surface area (Å²) in [6.07, 6.45) is 0.861. The molecule has 1 aliphatic rings. The van der Waals surface area contributed by atoms with Gasteiger partial charge in [0, 0.05) is 21.8 Å². The fraction of sp³-hybridized carbons (Fsp3) is 0.0426. The van der Waals surface area contributed by atoms with Crippen LogP contribution in [0.1, 0.15) is 12.7 Å². The summed E-state index contributed by atoms with van der Waals surface area (Å²) in [5.41, 5.74) is 13.3. The lowest BCUT2D eigenvalue weighted by Crippen LogP contribution is -2.07. The molecule has 2 heterocycles. The Hall–Kier alpha value is -5.90. The van der Waals surface area contributed by atoms with Crippen LogP contribution < -0.4 is 0 Å². The highest BCUT2D eigenvalue weighted by Crippen LogP contribution is 2.49. The highest BCUT2D eigenvalue weighted by atomic mass is 32.2. The highest BCUT2D eigenvalue weighted by molar-refractivity contribution is 7.99. The van der Waals surface area contributed by atoms with Crippen molar-refractivity contribution in [2.24, 2.45) is 0 Å². The van der Waals surface area contributed by atoms with Crippen molar-refractivity contribution in [3.63, 3.8) is 0 Å². The van der Waals surface area contributed by atoms with E-state index >= 15 is 0 Å². The first-order chi connectivity index (χ1) is 24.8. The molecule has 9 aromatic rings. The van der Waals surface area contributed by atoms with Gasteiger partial charge in [0.25, 0.3) is 0 Å². The zero-order valence-electron chi connectivity index (χ0n) is 27.6. The smallest absolute Gasteiger partial charge is 0.114 e. The lowest BCUT2D eigenvalue weighted by molar-refractivity contribution is 0.889. The van der Waals surface area contributed by atoms with Gasteiger partial charge >= 0.3 is 0 Å². The van der Waals surface area contributed by atoms with Crippen LogP contribution in [-0.2, 0) is 6.42 Å². The number of fused-ring (bicyclic) bond motifs is 4. The molecule has 3 heteroatoms. The average Bonchev–Trinajstić information content (AvgIpc) is 3.57. The second-order valence-corrected chi connectivity index (χ2v) is 14.0. The van der Waals surface area contributed by atoms with E-state index in [1.54, 1.807) is 0 Å². The molecular weight excluding hydrogens is 625 g/mol. The summed E-state index contributed by atoms with van der Waals surface area (Å²) in [5, 5.41) is 5.02. The number of rotatable bonds is 5. The summed E-state index contributed by atoms with van der Waals surface area (Å²) in [7, 11) is 0. The molecule has 50 heavy (non-hydrogen) atoms. The molecule has 0 bridgehead atoms. The molecule has 0 saturated heterocycles. The van der Waals surface area contributed by atoms with Crippen molar-refractivity contribution in [1.82, 2.24) is 9.55 Å².